The third-order valence-electron chi connectivity index (χ3n) is 20.9. The molecule has 0 radical (unpaired) electrons. The molecule has 0 atom stereocenters. The molecule has 7 nitrogen and oxygen atoms in total. The second-order valence-electron chi connectivity index (χ2n) is 33.9. The summed E-state index contributed by atoms with van der Waals surface area (Å²) in [5.41, 5.74) is 0. The Morgan fingerprint density at radius 1 is 0.175 bits per heavy atom. The van der Waals surface area contributed by atoms with Gasteiger partial charge in [0.05, 0.1) is 13.2 Å². The third kappa shape index (κ3) is 111. The van der Waals surface area contributed by atoms with Crippen LogP contribution in [0.25, 0.3) is 0 Å². The van der Waals surface area contributed by atoms with Crippen LogP contribution in [-0.4, -0.2) is 37.1 Å². The molecule has 0 rings (SSSR count). The molecule has 103 heavy (non-hydrogen) atoms. The van der Waals surface area contributed by atoms with Crippen molar-refractivity contribution in [1.29, 1.82) is 0 Å². The van der Waals surface area contributed by atoms with Crippen LogP contribution in [0.1, 0.15) is 558 Å². The normalized spacial score (nSPS) is 11.3. The van der Waals surface area contributed by atoms with E-state index in [9.17, 15) is 19.2 Å². The lowest BCUT2D eigenvalue weighted by Crippen LogP contribution is -2.11. The van der Waals surface area contributed by atoms with Gasteiger partial charge in [-0.2, -0.15) is 0 Å². The summed E-state index contributed by atoms with van der Waals surface area (Å²) in [4.78, 5) is 47.1. The maximum Gasteiger partial charge on any atom is 0.313 e. The Morgan fingerprint density at radius 3 is 0.485 bits per heavy atom. The van der Waals surface area contributed by atoms with Gasteiger partial charge in [-0.05, 0) is 62.2 Å². The lowest BCUT2D eigenvalue weighted by atomic mass is 10.0. The van der Waals surface area contributed by atoms with E-state index in [1.54, 1.807) is 0 Å². The fourth-order valence-corrected chi connectivity index (χ4v) is 13.7. The molecule has 0 aliphatic rings. The summed E-state index contributed by atoms with van der Waals surface area (Å²) in [6.45, 7) is 28.7. The first-order valence-electron chi connectivity index (χ1n) is 47.2. The summed E-state index contributed by atoms with van der Waals surface area (Å²) in [5.74, 6) is 2.76. The van der Waals surface area contributed by atoms with Crippen LogP contribution in [0.5, 0.6) is 0 Å². The van der Waals surface area contributed by atoms with Crippen molar-refractivity contribution in [2.45, 2.75) is 558 Å². The Bertz CT molecular complexity index is 1540. The number of esters is 4. The highest BCUT2D eigenvalue weighted by molar-refractivity contribution is 5.85. The van der Waals surface area contributed by atoms with Gasteiger partial charge in [-0.3, -0.25) is 19.2 Å². The Balaban J connectivity index is -0.000000673. The predicted octanol–water partition coefficient (Wildman–Crippen LogP) is 33.7. The maximum atomic E-state index is 11.9. The standard InChI is InChI=1S/C36H70O3.C25H50O2.C22H44O2.C13H28/c1-3-5-7-9-11-13-15-17-19-21-23-25-27-29-31-33-35(37)39-36(38)34-32-30-28-26-24-22-20-18-16-14-12-10-8-6-4-2;1-4-5-6-7-8-9-13-16-19-22-25(26)27-23-20-17-14-11-10-12-15-18-21-24(2)3;1-20(2)16-12-9-7-5-6-8-10-15-19-24-22(23)18-14-11-13-17-21(3)4;1-4-5-6-7-8-9-10-11-12-13(2)3/h3-34H2,1-2H3;24H,4-23H2,1-3H3;20-21H,5-19H2,1-4H3;13H,4-12H2,1-3H3. The summed E-state index contributed by atoms with van der Waals surface area (Å²) in [7, 11) is 0. The monoisotopic (exact) mass is 1460 g/mol. The van der Waals surface area contributed by atoms with Crippen LogP contribution >= 0.6 is 0 Å². The highest BCUT2D eigenvalue weighted by atomic mass is 16.6. The van der Waals surface area contributed by atoms with Gasteiger partial charge >= 0.3 is 23.9 Å². The average Bonchev–Trinajstić information content (AvgIpc) is 2.95. The molecule has 0 N–H and O–H groups in total. The van der Waals surface area contributed by atoms with E-state index in [1.165, 1.54) is 392 Å². The topological polar surface area (TPSA) is 96.0 Å². The zero-order valence-electron chi connectivity index (χ0n) is 72.9. The van der Waals surface area contributed by atoms with E-state index in [0.29, 0.717) is 38.9 Å². The Labute approximate surface area is 648 Å². The molecule has 0 fully saturated rings. The second kappa shape index (κ2) is 96.2. The van der Waals surface area contributed by atoms with E-state index in [1.807, 2.05) is 0 Å². The van der Waals surface area contributed by atoms with Gasteiger partial charge in [0.2, 0.25) is 0 Å². The molecule has 0 aromatic rings. The van der Waals surface area contributed by atoms with Gasteiger partial charge in [-0.15, -0.1) is 0 Å². The minimum atomic E-state index is -0.323. The van der Waals surface area contributed by atoms with Crippen molar-refractivity contribution in [3.8, 4) is 0 Å². The average molecular weight is 1460 g/mol. The molecule has 618 valence electrons. The fraction of sp³-hybridized carbons (Fsp3) is 0.958. The molecule has 0 aliphatic carbocycles. The Hall–Kier alpha value is -1.92. The quantitative estimate of drug-likeness (QED) is 0.0259. The van der Waals surface area contributed by atoms with Gasteiger partial charge in [0.15, 0.2) is 0 Å². The summed E-state index contributed by atoms with van der Waals surface area (Å²) in [6.07, 6.45) is 94.2. The zero-order valence-corrected chi connectivity index (χ0v) is 72.9. The van der Waals surface area contributed by atoms with Crippen LogP contribution in [0.15, 0.2) is 0 Å². The van der Waals surface area contributed by atoms with Gasteiger partial charge in [0, 0.05) is 25.7 Å². The van der Waals surface area contributed by atoms with Gasteiger partial charge in [-0.25, -0.2) is 0 Å². The molecule has 0 amide bonds. The van der Waals surface area contributed by atoms with Gasteiger partial charge in [-0.1, -0.05) is 494 Å². The maximum absolute atomic E-state index is 11.9. The molecule has 0 aromatic carbocycles. The highest BCUT2D eigenvalue weighted by Gasteiger charge is 2.11. The molecule has 0 aromatic heterocycles. The van der Waals surface area contributed by atoms with Crippen LogP contribution in [0.4, 0.5) is 0 Å². The second-order valence-corrected chi connectivity index (χ2v) is 33.9. The van der Waals surface area contributed by atoms with Crippen molar-refractivity contribution in [1.82, 2.24) is 0 Å². The largest absolute Gasteiger partial charge is 0.466 e. The molecule has 0 unspecified atom stereocenters. The van der Waals surface area contributed by atoms with Crippen molar-refractivity contribution < 1.29 is 33.4 Å². The fourth-order valence-electron chi connectivity index (χ4n) is 13.7. The van der Waals surface area contributed by atoms with E-state index < -0.39 is 0 Å². The van der Waals surface area contributed by atoms with Gasteiger partial charge < -0.3 is 14.2 Å². The van der Waals surface area contributed by atoms with E-state index >= 15 is 0 Å². The van der Waals surface area contributed by atoms with Gasteiger partial charge in [0.1, 0.15) is 0 Å². The summed E-state index contributed by atoms with van der Waals surface area (Å²) >= 11 is 0. The number of unbranched alkanes of at least 4 members (excludes halogenated alkanes) is 59. The number of carbonyl (C=O) groups is 4. The Morgan fingerprint density at radius 2 is 0.311 bits per heavy atom. The molecule has 0 saturated heterocycles. The van der Waals surface area contributed by atoms with E-state index in [0.717, 1.165) is 81.5 Å². The molecule has 0 bridgehead atoms. The molecule has 0 aliphatic heterocycles. The lowest BCUT2D eigenvalue weighted by Gasteiger charge is -2.06. The Kier molecular flexibility index (Phi) is 100. The van der Waals surface area contributed by atoms with Crippen LogP contribution in [0.3, 0.4) is 0 Å². The molecular formula is C96H192O7. The first-order chi connectivity index (χ1) is 50.2. The number of hydrogen-bond acceptors (Lipinski definition) is 7. The van der Waals surface area contributed by atoms with Crippen LogP contribution in [0, 0.1) is 23.7 Å². The molecule has 0 saturated carbocycles. The molecule has 0 heterocycles. The van der Waals surface area contributed by atoms with Crippen molar-refractivity contribution >= 4 is 23.9 Å². The summed E-state index contributed by atoms with van der Waals surface area (Å²) in [5, 5.41) is 0. The van der Waals surface area contributed by atoms with Crippen molar-refractivity contribution in [2.24, 2.45) is 23.7 Å². The number of rotatable bonds is 79. The van der Waals surface area contributed by atoms with E-state index in [4.69, 9.17) is 14.2 Å². The minimum absolute atomic E-state index is 0.00435. The third-order valence-corrected chi connectivity index (χ3v) is 20.9. The molecule has 7 heteroatoms. The summed E-state index contributed by atoms with van der Waals surface area (Å²) < 4.78 is 15.7. The number of hydrogen-bond donors (Lipinski definition) is 0. The van der Waals surface area contributed by atoms with Crippen LogP contribution in [-0.2, 0) is 33.4 Å². The van der Waals surface area contributed by atoms with Crippen LogP contribution < -0.4 is 0 Å². The zero-order chi connectivity index (χ0) is 76.5. The minimum Gasteiger partial charge on any atom is -0.466 e. The smallest absolute Gasteiger partial charge is 0.313 e. The predicted molar refractivity (Wildman–Crippen MR) is 457 cm³/mol. The van der Waals surface area contributed by atoms with Crippen molar-refractivity contribution in [3.05, 3.63) is 0 Å². The number of carbonyl (C=O) groups excluding carboxylic acids is 4. The number of ether oxygens (including phenoxy) is 3. The highest BCUT2D eigenvalue weighted by Crippen LogP contribution is 2.20. The van der Waals surface area contributed by atoms with E-state index in [2.05, 4.69) is 83.1 Å². The SMILES string of the molecule is CC(C)CCCCCCCCCCOC(=O)CCCCCC(C)C.CCCCCCCCCCC(C)C.CCCCCCCCCCCC(=O)OCCCCCCCCCCC(C)C.CCCCCCCCCCCCCCCCCC(=O)OC(=O)CCCCCCCCCCCCCCCCC. The molecular weight excluding hydrogens is 1270 g/mol. The summed E-state index contributed by atoms with van der Waals surface area (Å²) in [6, 6.07) is 0. The first-order valence-corrected chi connectivity index (χ1v) is 47.2. The lowest BCUT2D eigenvalue weighted by molar-refractivity contribution is -0.160. The van der Waals surface area contributed by atoms with Gasteiger partial charge in [0.25, 0.3) is 0 Å². The van der Waals surface area contributed by atoms with E-state index in [-0.39, 0.29) is 23.9 Å². The van der Waals surface area contributed by atoms with Crippen molar-refractivity contribution in [2.75, 3.05) is 13.2 Å². The molecule has 0 spiro atoms. The van der Waals surface area contributed by atoms with Crippen LogP contribution in [0.2, 0.25) is 0 Å². The van der Waals surface area contributed by atoms with Crippen molar-refractivity contribution in [3.63, 3.8) is 0 Å². The first kappa shape index (κ1) is 107.